The van der Waals surface area contributed by atoms with Gasteiger partial charge in [-0.2, -0.15) is 0 Å². The van der Waals surface area contributed by atoms with E-state index in [0.717, 1.165) is 5.56 Å². The van der Waals surface area contributed by atoms with Gasteiger partial charge in [-0.1, -0.05) is 36.8 Å². The predicted octanol–water partition coefficient (Wildman–Crippen LogP) is 5.25. The normalized spacial score (nSPS) is 9.00. The van der Waals surface area contributed by atoms with Crippen molar-refractivity contribution >= 4 is 5.97 Å². The summed E-state index contributed by atoms with van der Waals surface area (Å²) < 4.78 is 48.0. The highest BCUT2D eigenvalue weighted by Crippen LogP contribution is 2.19. The first-order chi connectivity index (χ1) is 9.09. The Balaban J connectivity index is -0.000000162. The molecule has 0 fully saturated rings. The van der Waals surface area contributed by atoms with E-state index in [1.807, 2.05) is 38.1 Å². The molecule has 0 aromatic heterocycles. The van der Waals surface area contributed by atoms with Crippen molar-refractivity contribution in [3.63, 3.8) is 0 Å². The minimum Gasteiger partial charge on any atom is -0.481 e. The van der Waals surface area contributed by atoms with Crippen molar-refractivity contribution in [1.29, 1.82) is 0 Å². The first kappa shape index (κ1) is 26.7. The predicted molar refractivity (Wildman–Crippen MR) is 61.0 cm³/mol. The van der Waals surface area contributed by atoms with Gasteiger partial charge in [0.2, 0.25) is 0 Å². The van der Waals surface area contributed by atoms with Crippen molar-refractivity contribution in [3.8, 4) is 0 Å². The van der Waals surface area contributed by atoms with Gasteiger partial charge in [0.05, 0.1) is 6.42 Å². The molecule has 2 nitrogen and oxygen atoms in total. The summed E-state index contributed by atoms with van der Waals surface area (Å²) in [7, 11) is 0. The summed E-state index contributed by atoms with van der Waals surface area (Å²) >= 11 is 0. The van der Waals surface area contributed by atoms with Crippen LogP contribution in [0.3, 0.4) is 0 Å². The van der Waals surface area contributed by atoms with E-state index in [-0.39, 0.29) is 17.0 Å². The van der Waals surface area contributed by atoms with Gasteiger partial charge in [0.1, 0.15) is 0 Å². The summed E-state index contributed by atoms with van der Waals surface area (Å²) in [5.41, 5.74) is 2.28. The van der Waals surface area contributed by atoms with Crippen LogP contribution < -0.4 is 0 Å². The average molecular weight is 312 g/mol. The first-order valence-electron chi connectivity index (χ1n) is 4.81. The molecule has 0 amide bonds. The number of hydrogen-bond acceptors (Lipinski definition) is 1. The number of hydrogen-bond donors (Lipinski definition) is 1. The summed E-state index contributed by atoms with van der Waals surface area (Å²) in [6.07, 6.45) is 0.198. The topological polar surface area (TPSA) is 37.3 Å². The van der Waals surface area contributed by atoms with Crippen molar-refractivity contribution in [1.82, 2.24) is 0 Å². The Bertz CT molecular complexity index is 323. The number of carboxylic acids is 1. The minimum atomic E-state index is -0.742. The molecule has 1 N–H and O–H groups in total. The standard InChI is InChI=1S/C11H14O2.3F2.FH/c1-8-4-3-5-10(6-8)9(2)7-11(12)13;3*1-2;/h3-6,9H,7H2,1-2H3,(H,12,13);;;;1H. The van der Waals surface area contributed by atoms with Gasteiger partial charge in [0, 0.05) is 27.4 Å². The van der Waals surface area contributed by atoms with Crippen LogP contribution in [0.15, 0.2) is 24.3 Å². The summed E-state index contributed by atoms with van der Waals surface area (Å²) in [6, 6.07) is 7.98. The van der Waals surface area contributed by atoms with E-state index in [1.165, 1.54) is 5.56 Å². The third-order valence-corrected chi connectivity index (χ3v) is 2.09. The SMILES string of the molecule is Cc1cccc(C(C)CC(=O)O)c1.F.FF.FF.FF. The summed E-state index contributed by atoms with van der Waals surface area (Å²) in [5.74, 6) is -0.647. The van der Waals surface area contributed by atoms with Crippen molar-refractivity contribution < 1.29 is 42.1 Å². The van der Waals surface area contributed by atoms with Crippen LogP contribution >= 0.6 is 0 Å². The van der Waals surface area contributed by atoms with Crippen molar-refractivity contribution in [2.24, 2.45) is 0 Å². The van der Waals surface area contributed by atoms with Gasteiger partial charge < -0.3 is 5.11 Å². The molecule has 1 aromatic carbocycles. The van der Waals surface area contributed by atoms with Crippen LogP contribution in [0.1, 0.15) is 30.4 Å². The van der Waals surface area contributed by atoms with Crippen LogP contribution in [0, 0.1) is 6.92 Å². The first-order valence-corrected chi connectivity index (χ1v) is 4.81. The second-order valence-corrected chi connectivity index (χ2v) is 3.41. The van der Waals surface area contributed by atoms with Crippen molar-refractivity contribution in [3.05, 3.63) is 35.4 Å². The molecule has 120 valence electrons. The van der Waals surface area contributed by atoms with Gasteiger partial charge in [-0.25, -0.2) is 0 Å². The summed E-state index contributed by atoms with van der Waals surface area (Å²) in [6.45, 7) is 3.94. The maximum absolute atomic E-state index is 10.5. The second kappa shape index (κ2) is 19.5. The molecule has 0 aliphatic rings. The van der Waals surface area contributed by atoms with Crippen molar-refractivity contribution in [2.45, 2.75) is 26.2 Å². The van der Waals surface area contributed by atoms with Crippen LogP contribution in [-0.4, -0.2) is 11.1 Å². The highest BCUT2D eigenvalue weighted by molar-refractivity contribution is 5.67. The Hall–Kier alpha value is -1.80. The molecule has 0 saturated heterocycles. The van der Waals surface area contributed by atoms with Gasteiger partial charge >= 0.3 is 5.97 Å². The average Bonchev–Trinajstić information content (AvgIpc) is 2.45. The second-order valence-electron chi connectivity index (χ2n) is 3.41. The Morgan fingerprint density at radius 3 is 1.95 bits per heavy atom. The van der Waals surface area contributed by atoms with E-state index in [2.05, 4.69) is 0 Å². The maximum Gasteiger partial charge on any atom is 0.303 e. The molecule has 9 heteroatoms. The Morgan fingerprint density at radius 2 is 1.60 bits per heavy atom. The molecular formula is C11H15F7O2. The molecule has 0 aliphatic heterocycles. The molecule has 0 saturated carbocycles. The van der Waals surface area contributed by atoms with Gasteiger partial charge in [-0.3, -0.25) is 9.50 Å². The van der Waals surface area contributed by atoms with E-state index in [1.54, 1.807) is 0 Å². The Labute approximate surface area is 111 Å². The lowest BCUT2D eigenvalue weighted by Gasteiger charge is -2.09. The molecule has 20 heavy (non-hydrogen) atoms. The molecule has 1 aromatic rings. The number of benzene rings is 1. The molecule has 0 aliphatic carbocycles. The lowest BCUT2D eigenvalue weighted by atomic mass is 9.97. The third kappa shape index (κ3) is 14.3. The fraction of sp³-hybridized carbons (Fsp3) is 0.364. The molecule has 1 atom stereocenters. The van der Waals surface area contributed by atoms with Crippen LogP contribution in [0.4, 0.5) is 32.1 Å². The van der Waals surface area contributed by atoms with Crippen LogP contribution in [0.2, 0.25) is 0 Å². The lowest BCUT2D eigenvalue weighted by molar-refractivity contribution is -0.137. The van der Waals surface area contributed by atoms with Gasteiger partial charge in [0.15, 0.2) is 0 Å². The third-order valence-electron chi connectivity index (χ3n) is 2.09. The maximum atomic E-state index is 10.5. The van der Waals surface area contributed by atoms with Gasteiger partial charge in [-0.15, -0.1) is 0 Å². The molecular weight excluding hydrogens is 297 g/mol. The largest absolute Gasteiger partial charge is 0.481 e. The minimum absolute atomic E-state index is 0. The zero-order valence-electron chi connectivity index (χ0n) is 10.6. The summed E-state index contributed by atoms with van der Waals surface area (Å²) in [4.78, 5) is 10.5. The fourth-order valence-electron chi connectivity index (χ4n) is 1.36. The number of aryl methyl sites for hydroxylation is 1. The molecule has 1 unspecified atom stereocenters. The number of aliphatic carboxylic acids is 1. The molecule has 0 heterocycles. The van der Waals surface area contributed by atoms with E-state index >= 15 is 0 Å². The molecule has 1 rings (SSSR count). The van der Waals surface area contributed by atoms with E-state index in [4.69, 9.17) is 32.6 Å². The smallest absolute Gasteiger partial charge is 0.303 e. The van der Waals surface area contributed by atoms with E-state index in [0.29, 0.717) is 0 Å². The highest BCUT2D eigenvalue weighted by Gasteiger charge is 2.09. The van der Waals surface area contributed by atoms with Crippen molar-refractivity contribution in [2.75, 3.05) is 0 Å². The highest BCUT2D eigenvalue weighted by atomic mass is 20.0. The van der Waals surface area contributed by atoms with Gasteiger partial charge in [0.25, 0.3) is 0 Å². The fourth-order valence-corrected chi connectivity index (χ4v) is 1.36. The number of rotatable bonds is 3. The Morgan fingerprint density at radius 1 is 1.15 bits per heavy atom. The number of halogens is 7. The lowest BCUT2D eigenvalue weighted by Crippen LogP contribution is -2.02. The quantitative estimate of drug-likeness (QED) is 0.774. The monoisotopic (exact) mass is 312 g/mol. The van der Waals surface area contributed by atoms with E-state index in [9.17, 15) is 4.79 Å². The van der Waals surface area contributed by atoms with Gasteiger partial charge in [-0.05, 0) is 18.4 Å². The van der Waals surface area contributed by atoms with E-state index < -0.39 is 5.97 Å². The zero-order valence-corrected chi connectivity index (χ0v) is 10.6. The molecule has 0 radical (unpaired) electrons. The summed E-state index contributed by atoms with van der Waals surface area (Å²) in [5, 5.41) is 8.61. The van der Waals surface area contributed by atoms with Crippen LogP contribution in [-0.2, 0) is 4.79 Å². The van der Waals surface area contributed by atoms with Crippen LogP contribution in [0.25, 0.3) is 0 Å². The number of carboxylic acid groups (broad SMARTS) is 1. The zero-order chi connectivity index (χ0) is 15.8. The number of carbonyl (C=O) groups is 1. The Kier molecular flexibility index (Phi) is 26.1. The molecule has 0 spiro atoms. The van der Waals surface area contributed by atoms with Crippen LogP contribution in [0.5, 0.6) is 0 Å². The molecule has 0 bridgehead atoms.